The van der Waals surface area contributed by atoms with Crippen LogP contribution in [-0.4, -0.2) is 4.98 Å². The van der Waals surface area contributed by atoms with Crippen LogP contribution in [0.2, 0.25) is 0 Å². The predicted octanol–water partition coefficient (Wildman–Crippen LogP) is 1.77. The lowest BCUT2D eigenvalue weighted by molar-refractivity contribution is 0.795. The molecular weight excluding hydrogens is 162 g/mol. The Morgan fingerprint density at radius 2 is 2.00 bits per heavy atom. The van der Waals surface area contributed by atoms with E-state index in [0.717, 1.165) is 22.3 Å². The molecule has 0 amide bonds. The summed E-state index contributed by atoms with van der Waals surface area (Å²) in [5.74, 6) is 0. The van der Waals surface area contributed by atoms with Crippen molar-refractivity contribution in [2.24, 2.45) is 5.73 Å². The maximum atomic E-state index is 5.93. The van der Waals surface area contributed by atoms with Crippen LogP contribution in [0.25, 0.3) is 10.9 Å². The molecule has 0 aliphatic rings. The minimum Gasteiger partial charge on any atom is -0.397 e. The number of nitrogens with two attached hydrogens (primary N) is 2. The fourth-order valence-electron chi connectivity index (χ4n) is 1.54. The Morgan fingerprint density at radius 3 is 2.62 bits per heavy atom. The fraction of sp³-hybridized carbons (Fsp3) is 0.200. The van der Waals surface area contributed by atoms with Crippen LogP contribution in [-0.2, 0) is 0 Å². The van der Waals surface area contributed by atoms with Gasteiger partial charge in [-0.3, -0.25) is 0 Å². The average Bonchev–Trinajstić information content (AvgIpc) is 2.45. The van der Waals surface area contributed by atoms with Crippen molar-refractivity contribution in [1.82, 2.24) is 4.98 Å². The number of benzene rings is 1. The van der Waals surface area contributed by atoms with Crippen LogP contribution in [0, 0.1) is 0 Å². The highest BCUT2D eigenvalue weighted by Gasteiger charge is 2.10. The topological polar surface area (TPSA) is 67.8 Å². The van der Waals surface area contributed by atoms with Gasteiger partial charge in [0.05, 0.1) is 11.4 Å². The number of nitrogens with one attached hydrogen (secondary N) is 1. The fourth-order valence-corrected chi connectivity index (χ4v) is 1.54. The lowest BCUT2D eigenvalue weighted by atomic mass is 10.2. The summed E-state index contributed by atoms with van der Waals surface area (Å²) in [5.41, 5.74) is 14.4. The number of nitrogen functional groups attached to an aromatic ring is 1. The van der Waals surface area contributed by atoms with E-state index in [4.69, 9.17) is 11.5 Å². The third-order valence-corrected chi connectivity index (χ3v) is 2.23. The zero-order valence-electron chi connectivity index (χ0n) is 7.54. The second-order valence-electron chi connectivity index (χ2n) is 3.29. The summed E-state index contributed by atoms with van der Waals surface area (Å²) in [4.78, 5) is 3.21. The molecular formula is C10H13N3. The van der Waals surface area contributed by atoms with Crippen molar-refractivity contribution >= 4 is 16.6 Å². The molecule has 13 heavy (non-hydrogen) atoms. The van der Waals surface area contributed by atoms with Crippen LogP contribution in [0.1, 0.15) is 18.7 Å². The molecule has 0 aliphatic heterocycles. The van der Waals surface area contributed by atoms with Gasteiger partial charge in [0.15, 0.2) is 0 Å². The summed E-state index contributed by atoms with van der Waals surface area (Å²) in [6.07, 6.45) is 0. The molecule has 0 saturated carbocycles. The van der Waals surface area contributed by atoms with Crippen molar-refractivity contribution in [1.29, 1.82) is 0 Å². The molecule has 2 rings (SSSR count). The zero-order chi connectivity index (χ0) is 9.42. The summed E-state index contributed by atoms with van der Waals surface area (Å²) in [6.45, 7) is 1.92. The van der Waals surface area contributed by atoms with E-state index in [1.54, 1.807) is 0 Å². The zero-order valence-corrected chi connectivity index (χ0v) is 7.54. The van der Waals surface area contributed by atoms with Gasteiger partial charge in [0, 0.05) is 16.9 Å². The Hall–Kier alpha value is -1.48. The van der Waals surface area contributed by atoms with Gasteiger partial charge in [-0.2, -0.15) is 0 Å². The van der Waals surface area contributed by atoms with Crippen LogP contribution in [0.3, 0.4) is 0 Å². The second kappa shape index (κ2) is 2.78. The summed E-state index contributed by atoms with van der Waals surface area (Å²) in [6, 6.07) is 7.89. The van der Waals surface area contributed by atoms with Crippen molar-refractivity contribution < 1.29 is 0 Å². The van der Waals surface area contributed by atoms with Crippen LogP contribution in [0.15, 0.2) is 24.3 Å². The normalized spacial score (nSPS) is 13.4. The largest absolute Gasteiger partial charge is 0.397 e. The molecule has 68 valence electrons. The quantitative estimate of drug-likeness (QED) is 0.618. The number of H-pyrrole nitrogens is 1. The highest BCUT2D eigenvalue weighted by Crippen LogP contribution is 2.27. The average molecular weight is 175 g/mol. The lowest BCUT2D eigenvalue weighted by Crippen LogP contribution is -2.07. The highest BCUT2D eigenvalue weighted by atomic mass is 14.8. The summed E-state index contributed by atoms with van der Waals surface area (Å²) in [5, 5.41) is 1.05. The van der Waals surface area contributed by atoms with E-state index in [2.05, 4.69) is 4.98 Å². The number of fused-ring (bicyclic) bond motifs is 1. The molecule has 1 aromatic carbocycles. The van der Waals surface area contributed by atoms with Gasteiger partial charge in [-0.05, 0) is 13.0 Å². The number of para-hydroxylation sites is 1. The Balaban J connectivity index is 2.74. The number of anilines is 1. The van der Waals surface area contributed by atoms with E-state index in [1.165, 1.54) is 0 Å². The van der Waals surface area contributed by atoms with Crippen molar-refractivity contribution in [2.45, 2.75) is 13.0 Å². The van der Waals surface area contributed by atoms with Crippen LogP contribution < -0.4 is 11.5 Å². The van der Waals surface area contributed by atoms with Gasteiger partial charge in [0.1, 0.15) is 0 Å². The number of rotatable bonds is 1. The first-order chi connectivity index (χ1) is 6.20. The van der Waals surface area contributed by atoms with Crippen molar-refractivity contribution in [2.75, 3.05) is 5.73 Å². The van der Waals surface area contributed by atoms with Crippen molar-refractivity contribution in [3.8, 4) is 0 Å². The van der Waals surface area contributed by atoms with Crippen LogP contribution in [0.4, 0.5) is 5.69 Å². The monoisotopic (exact) mass is 175 g/mol. The Morgan fingerprint density at radius 1 is 1.31 bits per heavy atom. The van der Waals surface area contributed by atoms with Crippen molar-refractivity contribution in [3.05, 3.63) is 30.0 Å². The minimum atomic E-state index is -0.0487. The van der Waals surface area contributed by atoms with Gasteiger partial charge in [-0.15, -0.1) is 0 Å². The number of aromatic amines is 1. The first-order valence-electron chi connectivity index (χ1n) is 4.32. The summed E-state index contributed by atoms with van der Waals surface area (Å²) >= 11 is 0. The van der Waals surface area contributed by atoms with Gasteiger partial charge in [0.25, 0.3) is 0 Å². The van der Waals surface area contributed by atoms with Crippen LogP contribution >= 0.6 is 0 Å². The molecule has 1 heterocycles. The lowest BCUT2D eigenvalue weighted by Gasteiger charge is -2.02. The molecule has 1 atom stereocenters. The SMILES string of the molecule is CC(N)c1[nH]c2ccccc2c1N. The molecule has 5 N–H and O–H groups in total. The molecule has 2 aromatic rings. The van der Waals surface area contributed by atoms with E-state index in [9.17, 15) is 0 Å². The molecule has 1 unspecified atom stereocenters. The minimum absolute atomic E-state index is 0.0487. The molecule has 0 saturated heterocycles. The Kier molecular flexibility index (Phi) is 1.74. The first-order valence-corrected chi connectivity index (χ1v) is 4.32. The van der Waals surface area contributed by atoms with Gasteiger partial charge in [-0.25, -0.2) is 0 Å². The number of hydrogen-bond acceptors (Lipinski definition) is 2. The Labute approximate surface area is 76.7 Å². The molecule has 0 aliphatic carbocycles. The van der Waals surface area contributed by atoms with Gasteiger partial charge in [0.2, 0.25) is 0 Å². The standard InChI is InChI=1S/C10H13N3/c1-6(11)10-9(12)7-4-2-3-5-8(7)13-10/h2-6,13H,11-12H2,1H3. The molecule has 1 aromatic heterocycles. The first kappa shape index (κ1) is 8.13. The van der Waals surface area contributed by atoms with Gasteiger partial charge < -0.3 is 16.5 Å². The van der Waals surface area contributed by atoms with Gasteiger partial charge >= 0.3 is 0 Å². The molecule has 0 radical (unpaired) electrons. The highest BCUT2D eigenvalue weighted by molar-refractivity contribution is 5.93. The molecule has 3 heteroatoms. The van der Waals surface area contributed by atoms with E-state index < -0.39 is 0 Å². The summed E-state index contributed by atoms with van der Waals surface area (Å²) in [7, 11) is 0. The van der Waals surface area contributed by atoms with E-state index in [-0.39, 0.29) is 6.04 Å². The van der Waals surface area contributed by atoms with Crippen molar-refractivity contribution in [3.63, 3.8) is 0 Å². The summed E-state index contributed by atoms with van der Waals surface area (Å²) < 4.78 is 0. The molecule has 3 nitrogen and oxygen atoms in total. The maximum absolute atomic E-state index is 5.93. The van der Waals surface area contributed by atoms with Crippen LogP contribution in [0.5, 0.6) is 0 Å². The third kappa shape index (κ3) is 1.17. The number of aromatic nitrogens is 1. The smallest absolute Gasteiger partial charge is 0.0621 e. The number of hydrogen-bond donors (Lipinski definition) is 3. The second-order valence-corrected chi connectivity index (χ2v) is 3.29. The molecule has 0 bridgehead atoms. The Bertz CT molecular complexity index is 429. The maximum Gasteiger partial charge on any atom is 0.0621 e. The van der Waals surface area contributed by atoms with E-state index in [0.29, 0.717) is 0 Å². The third-order valence-electron chi connectivity index (χ3n) is 2.23. The van der Waals surface area contributed by atoms with E-state index >= 15 is 0 Å². The molecule has 0 spiro atoms. The molecule has 0 fully saturated rings. The predicted molar refractivity (Wildman–Crippen MR) is 55.3 cm³/mol. The van der Waals surface area contributed by atoms with E-state index in [1.807, 2.05) is 31.2 Å². The van der Waals surface area contributed by atoms with Gasteiger partial charge in [-0.1, -0.05) is 18.2 Å².